The average molecular weight is 146 g/mol. The third-order valence-corrected chi connectivity index (χ3v) is 3.12. The molecule has 0 aromatic heterocycles. The topological polar surface area (TPSA) is 0 Å². The van der Waals surface area contributed by atoms with Gasteiger partial charge in [0.15, 0.2) is 0 Å². The first kappa shape index (κ1) is 9.43. The molecule has 0 radical (unpaired) electrons. The molecular formula is C8H19P. The quantitative estimate of drug-likeness (QED) is 0.525. The molecule has 1 unspecified atom stereocenters. The van der Waals surface area contributed by atoms with E-state index in [-0.39, 0.29) is 0 Å². The number of rotatable bonds is 2. The second-order valence-electron chi connectivity index (χ2n) is 4.02. The largest absolute Gasteiger partial charge is 0.116 e. The van der Waals surface area contributed by atoms with Crippen LogP contribution in [-0.2, 0) is 0 Å². The van der Waals surface area contributed by atoms with Crippen LogP contribution in [0.1, 0.15) is 34.6 Å². The van der Waals surface area contributed by atoms with Gasteiger partial charge in [0.05, 0.1) is 0 Å². The average Bonchev–Trinajstić information content (AvgIpc) is 1.59. The normalized spacial score (nSPS) is 14.0. The van der Waals surface area contributed by atoms with E-state index in [1.54, 1.807) is 0 Å². The van der Waals surface area contributed by atoms with E-state index in [2.05, 4.69) is 34.6 Å². The molecule has 0 bridgehead atoms. The van der Waals surface area contributed by atoms with Crippen molar-refractivity contribution in [3.8, 4) is 0 Å². The smallest absolute Gasteiger partial charge is 0.0207 e. The summed E-state index contributed by atoms with van der Waals surface area (Å²) in [4.78, 5) is 0. The molecule has 1 atom stereocenters. The van der Waals surface area contributed by atoms with Gasteiger partial charge in [-0.05, 0) is 17.2 Å². The van der Waals surface area contributed by atoms with E-state index in [1.807, 2.05) is 0 Å². The highest BCUT2D eigenvalue weighted by molar-refractivity contribution is 7.39. The van der Waals surface area contributed by atoms with Crippen molar-refractivity contribution in [3.63, 3.8) is 0 Å². The fourth-order valence-corrected chi connectivity index (χ4v) is 1.53. The van der Waals surface area contributed by atoms with Crippen molar-refractivity contribution >= 4 is 8.58 Å². The Bertz CT molecular complexity index is 69.1. The van der Waals surface area contributed by atoms with Crippen molar-refractivity contribution in [2.45, 2.75) is 39.8 Å². The van der Waals surface area contributed by atoms with Crippen molar-refractivity contribution in [1.29, 1.82) is 0 Å². The molecule has 0 aromatic rings. The zero-order chi connectivity index (χ0) is 7.49. The first-order valence-electron chi connectivity index (χ1n) is 3.67. The Kier molecular flexibility index (Phi) is 3.73. The Hall–Kier alpha value is 0.430. The Morgan fingerprint density at radius 3 is 1.78 bits per heavy atom. The maximum Gasteiger partial charge on any atom is -0.0207 e. The molecular weight excluding hydrogens is 127 g/mol. The van der Waals surface area contributed by atoms with Gasteiger partial charge in [0.25, 0.3) is 0 Å². The van der Waals surface area contributed by atoms with E-state index in [1.165, 1.54) is 6.16 Å². The Morgan fingerprint density at radius 1 is 1.22 bits per heavy atom. The van der Waals surface area contributed by atoms with Crippen LogP contribution in [0, 0.1) is 5.92 Å². The summed E-state index contributed by atoms with van der Waals surface area (Å²) in [5.41, 5.74) is 0. The molecule has 0 heterocycles. The first-order valence-corrected chi connectivity index (χ1v) is 4.87. The lowest BCUT2D eigenvalue weighted by atomic mass is 10.2. The summed E-state index contributed by atoms with van der Waals surface area (Å²) < 4.78 is 0. The Morgan fingerprint density at radius 2 is 1.67 bits per heavy atom. The Labute approximate surface area is 61.2 Å². The molecule has 0 aliphatic heterocycles. The lowest BCUT2D eigenvalue weighted by Gasteiger charge is -2.19. The summed E-state index contributed by atoms with van der Waals surface area (Å²) >= 11 is 0. The van der Waals surface area contributed by atoms with E-state index in [9.17, 15) is 0 Å². The molecule has 0 saturated carbocycles. The molecule has 0 N–H and O–H groups in total. The molecule has 0 aliphatic carbocycles. The van der Waals surface area contributed by atoms with Crippen molar-refractivity contribution in [3.05, 3.63) is 0 Å². The highest BCUT2D eigenvalue weighted by Crippen LogP contribution is 2.31. The van der Waals surface area contributed by atoms with Gasteiger partial charge in [0.1, 0.15) is 0 Å². The predicted molar refractivity (Wildman–Crippen MR) is 47.8 cm³/mol. The lowest BCUT2D eigenvalue weighted by Crippen LogP contribution is -2.07. The van der Waals surface area contributed by atoms with Crippen LogP contribution < -0.4 is 0 Å². The second-order valence-corrected chi connectivity index (χ2v) is 6.29. The van der Waals surface area contributed by atoms with Crippen LogP contribution in [0.5, 0.6) is 0 Å². The van der Waals surface area contributed by atoms with Gasteiger partial charge in [-0.3, -0.25) is 0 Å². The summed E-state index contributed by atoms with van der Waals surface area (Å²) in [7, 11) is 1.12. The van der Waals surface area contributed by atoms with E-state index < -0.39 is 0 Å². The minimum atomic E-state index is 0.560. The molecule has 0 aliphatic rings. The highest BCUT2D eigenvalue weighted by atomic mass is 31.1. The Balaban J connectivity index is 3.28. The minimum absolute atomic E-state index is 0.560. The van der Waals surface area contributed by atoms with Crippen LogP contribution in [0.2, 0.25) is 0 Å². The molecule has 0 nitrogen and oxygen atoms in total. The summed E-state index contributed by atoms with van der Waals surface area (Å²) in [6.45, 7) is 11.5. The van der Waals surface area contributed by atoms with Crippen molar-refractivity contribution in [1.82, 2.24) is 0 Å². The van der Waals surface area contributed by atoms with Gasteiger partial charge >= 0.3 is 0 Å². The fraction of sp³-hybridized carbons (Fsp3) is 1.00. The third-order valence-electron chi connectivity index (χ3n) is 1.04. The van der Waals surface area contributed by atoms with Gasteiger partial charge in [-0.15, -0.1) is 8.58 Å². The predicted octanol–water partition coefficient (Wildman–Crippen LogP) is 3.12. The number of hydrogen-bond acceptors (Lipinski definition) is 0. The van der Waals surface area contributed by atoms with Crippen LogP contribution in [0.25, 0.3) is 0 Å². The van der Waals surface area contributed by atoms with Crippen LogP contribution >= 0.6 is 8.58 Å². The monoisotopic (exact) mass is 146 g/mol. The zero-order valence-electron chi connectivity index (χ0n) is 7.28. The van der Waals surface area contributed by atoms with Crippen molar-refractivity contribution in [2.24, 2.45) is 5.92 Å². The maximum atomic E-state index is 2.31. The van der Waals surface area contributed by atoms with E-state index in [4.69, 9.17) is 0 Å². The van der Waals surface area contributed by atoms with Gasteiger partial charge in [0, 0.05) is 0 Å². The molecule has 9 heavy (non-hydrogen) atoms. The lowest BCUT2D eigenvalue weighted by molar-refractivity contribution is 0.724. The molecule has 0 saturated heterocycles. The fourth-order valence-electron chi connectivity index (χ4n) is 0.510. The van der Waals surface area contributed by atoms with Crippen molar-refractivity contribution < 1.29 is 0 Å². The maximum absolute atomic E-state index is 2.31. The second kappa shape index (κ2) is 3.56. The van der Waals surface area contributed by atoms with Gasteiger partial charge in [0.2, 0.25) is 0 Å². The molecule has 0 fully saturated rings. The SMILES string of the molecule is CC(C)CPC(C)(C)C. The zero-order valence-corrected chi connectivity index (χ0v) is 8.28. The molecule has 56 valence electrons. The summed E-state index contributed by atoms with van der Waals surface area (Å²) in [6.07, 6.45) is 1.39. The van der Waals surface area contributed by atoms with Crippen molar-refractivity contribution in [2.75, 3.05) is 6.16 Å². The number of hydrogen-bond donors (Lipinski definition) is 0. The third kappa shape index (κ3) is 8.43. The van der Waals surface area contributed by atoms with Gasteiger partial charge < -0.3 is 0 Å². The van der Waals surface area contributed by atoms with E-state index in [0.29, 0.717) is 5.16 Å². The van der Waals surface area contributed by atoms with Crippen LogP contribution in [0.4, 0.5) is 0 Å². The van der Waals surface area contributed by atoms with Gasteiger partial charge in [-0.25, -0.2) is 0 Å². The summed E-state index contributed by atoms with van der Waals surface area (Å²) in [5.74, 6) is 0.877. The van der Waals surface area contributed by atoms with E-state index >= 15 is 0 Å². The summed E-state index contributed by atoms with van der Waals surface area (Å²) in [5, 5.41) is 0.560. The summed E-state index contributed by atoms with van der Waals surface area (Å²) in [6, 6.07) is 0. The molecule has 1 heteroatoms. The minimum Gasteiger partial charge on any atom is -0.116 e. The van der Waals surface area contributed by atoms with Crippen LogP contribution in [0.15, 0.2) is 0 Å². The first-order chi connectivity index (χ1) is 3.92. The molecule has 0 amide bonds. The van der Waals surface area contributed by atoms with Crippen LogP contribution in [-0.4, -0.2) is 11.3 Å². The van der Waals surface area contributed by atoms with Gasteiger partial charge in [-0.2, -0.15) is 0 Å². The van der Waals surface area contributed by atoms with E-state index in [0.717, 1.165) is 14.5 Å². The molecule has 0 aromatic carbocycles. The van der Waals surface area contributed by atoms with Gasteiger partial charge in [-0.1, -0.05) is 34.6 Å². The standard InChI is InChI=1S/C8H19P/c1-7(2)6-9-8(3,4)5/h7,9H,6H2,1-5H3. The highest BCUT2D eigenvalue weighted by Gasteiger charge is 2.09. The van der Waals surface area contributed by atoms with Crippen LogP contribution in [0.3, 0.4) is 0 Å². The molecule has 0 rings (SSSR count). The molecule has 0 spiro atoms.